The van der Waals surface area contributed by atoms with E-state index in [4.69, 9.17) is 4.74 Å². The lowest BCUT2D eigenvalue weighted by atomic mass is 10.2. The standard InChI is InChI=1S/C14H13FO3S/c1-19(16,17)13-8-6-12(7-9-13)18-10-11-4-2-3-5-14(11)15/h2-9H,10H2,1H3. The van der Waals surface area contributed by atoms with Crippen LogP contribution in [0.4, 0.5) is 4.39 Å². The second-order valence-electron chi connectivity index (χ2n) is 4.12. The summed E-state index contributed by atoms with van der Waals surface area (Å²) < 4.78 is 41.3. The Labute approximate surface area is 111 Å². The predicted molar refractivity (Wildman–Crippen MR) is 70.3 cm³/mol. The summed E-state index contributed by atoms with van der Waals surface area (Å²) in [5.74, 6) is 0.172. The minimum Gasteiger partial charge on any atom is -0.489 e. The molecule has 0 aromatic heterocycles. The van der Waals surface area contributed by atoms with Crippen LogP contribution in [0.25, 0.3) is 0 Å². The van der Waals surface area contributed by atoms with Crippen molar-refractivity contribution < 1.29 is 17.5 Å². The fourth-order valence-electron chi connectivity index (χ4n) is 1.56. The quantitative estimate of drug-likeness (QED) is 0.865. The average molecular weight is 280 g/mol. The molecular formula is C14H13FO3S. The Hall–Kier alpha value is -1.88. The second-order valence-corrected chi connectivity index (χ2v) is 6.14. The smallest absolute Gasteiger partial charge is 0.175 e. The van der Waals surface area contributed by atoms with E-state index in [2.05, 4.69) is 0 Å². The lowest BCUT2D eigenvalue weighted by Gasteiger charge is -2.07. The highest BCUT2D eigenvalue weighted by Gasteiger charge is 2.07. The van der Waals surface area contributed by atoms with Crippen LogP contribution >= 0.6 is 0 Å². The molecule has 0 aliphatic carbocycles. The van der Waals surface area contributed by atoms with Crippen molar-refractivity contribution in [1.29, 1.82) is 0 Å². The van der Waals surface area contributed by atoms with Crippen LogP contribution in [0.2, 0.25) is 0 Å². The van der Waals surface area contributed by atoms with Gasteiger partial charge in [0.25, 0.3) is 0 Å². The Bertz CT molecular complexity index is 663. The molecule has 0 aliphatic heterocycles. The van der Waals surface area contributed by atoms with Gasteiger partial charge in [-0.3, -0.25) is 0 Å². The van der Waals surface area contributed by atoms with Crippen molar-refractivity contribution in [3.05, 3.63) is 59.9 Å². The summed E-state index contributed by atoms with van der Waals surface area (Å²) in [5.41, 5.74) is 0.453. The molecule has 0 spiro atoms. The van der Waals surface area contributed by atoms with Gasteiger partial charge in [-0.25, -0.2) is 12.8 Å². The van der Waals surface area contributed by atoms with E-state index in [0.717, 1.165) is 6.26 Å². The molecule has 2 rings (SSSR count). The minimum absolute atomic E-state index is 0.102. The van der Waals surface area contributed by atoms with Crippen LogP contribution in [0.3, 0.4) is 0 Å². The summed E-state index contributed by atoms with van der Waals surface area (Å²) >= 11 is 0. The molecule has 0 aliphatic rings. The highest BCUT2D eigenvalue weighted by atomic mass is 32.2. The molecule has 0 heterocycles. The van der Waals surface area contributed by atoms with Gasteiger partial charge in [-0.1, -0.05) is 18.2 Å². The number of hydrogen-bond acceptors (Lipinski definition) is 3. The molecule has 0 atom stereocenters. The zero-order chi connectivity index (χ0) is 13.9. The highest BCUT2D eigenvalue weighted by molar-refractivity contribution is 7.90. The molecule has 0 radical (unpaired) electrons. The van der Waals surface area contributed by atoms with Gasteiger partial charge in [0, 0.05) is 11.8 Å². The van der Waals surface area contributed by atoms with Gasteiger partial charge in [-0.2, -0.15) is 0 Å². The third-order valence-electron chi connectivity index (χ3n) is 2.60. The third-order valence-corrected chi connectivity index (χ3v) is 3.73. The van der Waals surface area contributed by atoms with E-state index in [1.807, 2.05) is 0 Å². The molecule has 0 fully saturated rings. The maximum absolute atomic E-state index is 13.4. The Morgan fingerprint density at radius 2 is 1.68 bits per heavy atom. The second kappa shape index (κ2) is 5.40. The third kappa shape index (κ3) is 3.54. The summed E-state index contributed by atoms with van der Waals surface area (Å²) in [4.78, 5) is 0.228. The van der Waals surface area contributed by atoms with E-state index < -0.39 is 9.84 Å². The molecule has 0 unspecified atom stereocenters. The van der Waals surface area contributed by atoms with Crippen LogP contribution in [0, 0.1) is 5.82 Å². The number of sulfone groups is 1. The van der Waals surface area contributed by atoms with Crippen molar-refractivity contribution in [2.75, 3.05) is 6.26 Å². The molecule has 5 heteroatoms. The SMILES string of the molecule is CS(=O)(=O)c1ccc(OCc2ccccc2F)cc1. The molecule has 0 saturated heterocycles. The molecule has 0 saturated carbocycles. The van der Waals surface area contributed by atoms with E-state index >= 15 is 0 Å². The van der Waals surface area contributed by atoms with E-state index in [0.29, 0.717) is 11.3 Å². The first-order valence-electron chi connectivity index (χ1n) is 5.63. The lowest BCUT2D eigenvalue weighted by Crippen LogP contribution is -1.99. The minimum atomic E-state index is -3.21. The maximum atomic E-state index is 13.4. The number of hydrogen-bond donors (Lipinski definition) is 0. The van der Waals surface area contributed by atoms with Gasteiger partial charge in [-0.15, -0.1) is 0 Å². The molecule has 19 heavy (non-hydrogen) atoms. The summed E-state index contributed by atoms with van der Waals surface area (Å²) in [5, 5.41) is 0. The molecule has 0 bridgehead atoms. The topological polar surface area (TPSA) is 43.4 Å². The number of rotatable bonds is 4. The fourth-order valence-corrected chi connectivity index (χ4v) is 2.19. The molecule has 0 N–H and O–H groups in total. The van der Waals surface area contributed by atoms with Crippen LogP contribution in [0.1, 0.15) is 5.56 Å². The van der Waals surface area contributed by atoms with Crippen molar-refractivity contribution >= 4 is 9.84 Å². The van der Waals surface area contributed by atoms with Crippen LogP contribution in [-0.2, 0) is 16.4 Å². The van der Waals surface area contributed by atoms with Crippen molar-refractivity contribution in [3.8, 4) is 5.75 Å². The monoisotopic (exact) mass is 280 g/mol. The molecular weight excluding hydrogens is 267 g/mol. The van der Waals surface area contributed by atoms with Gasteiger partial charge < -0.3 is 4.74 Å². The largest absolute Gasteiger partial charge is 0.489 e. The molecule has 0 amide bonds. The summed E-state index contributed by atoms with van der Waals surface area (Å²) in [6, 6.07) is 12.4. The van der Waals surface area contributed by atoms with Crippen LogP contribution < -0.4 is 4.74 Å². The summed E-state index contributed by atoms with van der Waals surface area (Å²) in [6.45, 7) is 0.102. The van der Waals surface area contributed by atoms with Gasteiger partial charge in [0.15, 0.2) is 9.84 Å². The van der Waals surface area contributed by atoms with Gasteiger partial charge in [0.1, 0.15) is 18.2 Å². The Balaban J connectivity index is 2.07. The van der Waals surface area contributed by atoms with Crippen LogP contribution in [0.5, 0.6) is 5.75 Å². The Morgan fingerprint density at radius 1 is 1.05 bits per heavy atom. The number of halogens is 1. The van der Waals surface area contributed by atoms with E-state index in [1.165, 1.54) is 18.2 Å². The van der Waals surface area contributed by atoms with Crippen molar-refractivity contribution in [2.24, 2.45) is 0 Å². The lowest BCUT2D eigenvalue weighted by molar-refractivity contribution is 0.299. The van der Waals surface area contributed by atoms with E-state index in [-0.39, 0.29) is 17.3 Å². The van der Waals surface area contributed by atoms with E-state index in [9.17, 15) is 12.8 Å². The van der Waals surface area contributed by atoms with Gasteiger partial charge >= 0.3 is 0 Å². The molecule has 3 nitrogen and oxygen atoms in total. The first-order valence-corrected chi connectivity index (χ1v) is 7.52. The fraction of sp³-hybridized carbons (Fsp3) is 0.143. The molecule has 100 valence electrons. The Kier molecular flexibility index (Phi) is 3.85. The molecule has 2 aromatic rings. The maximum Gasteiger partial charge on any atom is 0.175 e. The van der Waals surface area contributed by atoms with Crippen LogP contribution in [-0.4, -0.2) is 14.7 Å². The van der Waals surface area contributed by atoms with Crippen LogP contribution in [0.15, 0.2) is 53.4 Å². The van der Waals surface area contributed by atoms with Crippen molar-refractivity contribution in [2.45, 2.75) is 11.5 Å². The normalized spacial score (nSPS) is 11.3. The summed E-state index contributed by atoms with van der Waals surface area (Å²) in [6.07, 6.45) is 1.14. The first kappa shape index (κ1) is 13.5. The summed E-state index contributed by atoms with van der Waals surface area (Å²) in [7, 11) is -3.21. The predicted octanol–water partition coefficient (Wildman–Crippen LogP) is 2.81. The van der Waals surface area contributed by atoms with Gasteiger partial charge in [0.05, 0.1) is 4.90 Å². The number of benzene rings is 2. The highest BCUT2D eigenvalue weighted by Crippen LogP contribution is 2.17. The zero-order valence-electron chi connectivity index (χ0n) is 10.3. The Morgan fingerprint density at radius 3 is 2.26 bits per heavy atom. The van der Waals surface area contributed by atoms with Gasteiger partial charge in [-0.05, 0) is 30.3 Å². The van der Waals surface area contributed by atoms with E-state index in [1.54, 1.807) is 30.3 Å². The van der Waals surface area contributed by atoms with Crippen molar-refractivity contribution in [1.82, 2.24) is 0 Å². The average Bonchev–Trinajstić information content (AvgIpc) is 2.37. The van der Waals surface area contributed by atoms with Crippen molar-refractivity contribution in [3.63, 3.8) is 0 Å². The molecule has 2 aromatic carbocycles. The number of ether oxygens (including phenoxy) is 1. The first-order chi connectivity index (χ1) is 8.97. The zero-order valence-corrected chi connectivity index (χ0v) is 11.2. The van der Waals surface area contributed by atoms with Gasteiger partial charge in [0.2, 0.25) is 0 Å².